The van der Waals surface area contributed by atoms with Gasteiger partial charge in [-0.05, 0) is 6.08 Å². The molecule has 0 amide bonds. The van der Waals surface area contributed by atoms with E-state index in [0.717, 1.165) is 5.57 Å². The van der Waals surface area contributed by atoms with Crippen molar-refractivity contribution in [2.45, 2.75) is 12.5 Å². The molecule has 0 saturated heterocycles. The fraction of sp³-hybridized carbons (Fsp3) is 0.286. The van der Waals surface area contributed by atoms with Gasteiger partial charge in [0.2, 0.25) is 0 Å². The lowest BCUT2D eigenvalue weighted by molar-refractivity contribution is 0.806. The Morgan fingerprint density at radius 1 is 1.78 bits per heavy atom. The van der Waals surface area contributed by atoms with Crippen LogP contribution in [0.1, 0.15) is 6.42 Å². The second-order valence-corrected chi connectivity index (χ2v) is 2.06. The van der Waals surface area contributed by atoms with Crippen LogP contribution in [0.4, 0.5) is 0 Å². The third kappa shape index (κ3) is 1.41. The smallest absolute Gasteiger partial charge is 0.0947 e. The van der Waals surface area contributed by atoms with Crippen LogP contribution in [-0.4, -0.2) is 6.04 Å². The van der Waals surface area contributed by atoms with Crippen molar-refractivity contribution in [3.63, 3.8) is 0 Å². The topological polar surface area (TPSA) is 49.8 Å². The van der Waals surface area contributed by atoms with Crippen LogP contribution in [0.15, 0.2) is 23.8 Å². The van der Waals surface area contributed by atoms with Gasteiger partial charge in [-0.2, -0.15) is 5.26 Å². The molecule has 0 fully saturated rings. The second kappa shape index (κ2) is 2.47. The van der Waals surface area contributed by atoms with Crippen molar-refractivity contribution >= 4 is 0 Å². The first-order valence-corrected chi connectivity index (χ1v) is 2.86. The summed E-state index contributed by atoms with van der Waals surface area (Å²) in [5.74, 6) is 0. The average molecular weight is 120 g/mol. The Hall–Kier alpha value is -1.07. The first kappa shape index (κ1) is 6.06. The van der Waals surface area contributed by atoms with E-state index in [-0.39, 0.29) is 6.04 Å². The lowest BCUT2D eigenvalue weighted by Gasteiger charge is -2.07. The van der Waals surface area contributed by atoms with Crippen molar-refractivity contribution in [1.82, 2.24) is 0 Å². The first-order chi connectivity index (χ1) is 4.33. The summed E-state index contributed by atoms with van der Waals surface area (Å²) in [6.07, 6.45) is 6.20. The highest BCUT2D eigenvalue weighted by atomic mass is 14.6. The van der Waals surface area contributed by atoms with Crippen LogP contribution in [0, 0.1) is 11.3 Å². The van der Waals surface area contributed by atoms with Gasteiger partial charge in [-0.1, -0.05) is 12.2 Å². The highest BCUT2D eigenvalue weighted by Gasteiger charge is 2.04. The summed E-state index contributed by atoms with van der Waals surface area (Å²) in [6, 6.07) is 2.11. The Bertz CT molecular complexity index is 195. The normalized spacial score (nSPS) is 24.9. The lowest BCUT2D eigenvalue weighted by Crippen LogP contribution is -2.18. The summed E-state index contributed by atoms with van der Waals surface area (Å²) in [6.45, 7) is 0. The maximum absolute atomic E-state index is 8.40. The fourth-order valence-electron chi connectivity index (χ4n) is 0.787. The lowest BCUT2D eigenvalue weighted by atomic mass is 10.0. The van der Waals surface area contributed by atoms with Gasteiger partial charge < -0.3 is 5.73 Å². The summed E-state index contributed by atoms with van der Waals surface area (Å²) >= 11 is 0. The van der Waals surface area contributed by atoms with Crippen molar-refractivity contribution in [2.24, 2.45) is 5.73 Å². The third-order valence-electron chi connectivity index (χ3n) is 1.25. The molecule has 2 nitrogen and oxygen atoms in total. The first-order valence-electron chi connectivity index (χ1n) is 2.86. The van der Waals surface area contributed by atoms with Gasteiger partial charge in [-0.25, -0.2) is 0 Å². The minimum absolute atomic E-state index is 0.0460. The molecule has 2 N–H and O–H groups in total. The number of rotatable bonds is 0. The Kier molecular flexibility index (Phi) is 1.66. The van der Waals surface area contributed by atoms with E-state index < -0.39 is 0 Å². The minimum Gasteiger partial charge on any atom is -0.324 e. The Morgan fingerprint density at radius 2 is 2.56 bits per heavy atom. The van der Waals surface area contributed by atoms with E-state index in [4.69, 9.17) is 11.0 Å². The molecule has 1 atom stereocenters. The zero-order chi connectivity index (χ0) is 6.69. The van der Waals surface area contributed by atoms with Crippen LogP contribution in [-0.2, 0) is 0 Å². The van der Waals surface area contributed by atoms with E-state index >= 15 is 0 Å². The number of allylic oxidation sites excluding steroid dienone is 2. The SMILES string of the molecule is N#CC1=CC=CC(N)C1. The van der Waals surface area contributed by atoms with Gasteiger partial charge in [0.25, 0.3) is 0 Å². The van der Waals surface area contributed by atoms with E-state index in [1.165, 1.54) is 0 Å². The largest absolute Gasteiger partial charge is 0.324 e. The molecule has 46 valence electrons. The Morgan fingerprint density at radius 3 is 3.00 bits per heavy atom. The average Bonchev–Trinajstić information content (AvgIpc) is 1.88. The van der Waals surface area contributed by atoms with Crippen LogP contribution in [0.25, 0.3) is 0 Å². The molecule has 0 aromatic heterocycles. The molecule has 1 unspecified atom stereocenters. The monoisotopic (exact) mass is 120 g/mol. The molecular formula is C7H8N2. The summed E-state index contributed by atoms with van der Waals surface area (Å²) in [7, 11) is 0. The van der Waals surface area contributed by atoms with Gasteiger partial charge in [0.15, 0.2) is 0 Å². The van der Waals surface area contributed by atoms with Gasteiger partial charge in [-0.15, -0.1) is 0 Å². The number of nitrogens with zero attached hydrogens (tertiary/aromatic N) is 1. The van der Waals surface area contributed by atoms with Crippen molar-refractivity contribution in [1.29, 1.82) is 5.26 Å². The standard InChI is InChI=1S/C7H8N2/c8-5-6-2-1-3-7(9)4-6/h1-3,7H,4,9H2. The highest BCUT2D eigenvalue weighted by Crippen LogP contribution is 2.08. The number of hydrogen-bond donors (Lipinski definition) is 1. The Balaban J connectivity index is 2.69. The van der Waals surface area contributed by atoms with Gasteiger partial charge in [-0.3, -0.25) is 0 Å². The van der Waals surface area contributed by atoms with Crippen molar-refractivity contribution in [2.75, 3.05) is 0 Å². The minimum atomic E-state index is 0.0460. The molecule has 9 heavy (non-hydrogen) atoms. The summed E-state index contributed by atoms with van der Waals surface area (Å²) < 4.78 is 0. The van der Waals surface area contributed by atoms with Gasteiger partial charge in [0.1, 0.15) is 0 Å². The van der Waals surface area contributed by atoms with Gasteiger partial charge in [0.05, 0.1) is 6.07 Å². The number of nitrogens with two attached hydrogens (primary N) is 1. The molecule has 0 spiro atoms. The molecule has 2 heteroatoms. The molecule has 1 aliphatic rings. The zero-order valence-corrected chi connectivity index (χ0v) is 5.04. The zero-order valence-electron chi connectivity index (χ0n) is 5.04. The highest BCUT2D eigenvalue weighted by molar-refractivity contribution is 5.31. The molecule has 1 rings (SSSR count). The molecule has 0 aliphatic heterocycles. The summed E-state index contributed by atoms with van der Waals surface area (Å²) in [5.41, 5.74) is 6.29. The van der Waals surface area contributed by atoms with E-state index in [1.807, 2.05) is 12.2 Å². The third-order valence-corrected chi connectivity index (χ3v) is 1.25. The van der Waals surface area contributed by atoms with Crippen molar-refractivity contribution < 1.29 is 0 Å². The molecule has 0 aromatic rings. The van der Waals surface area contributed by atoms with Crippen LogP contribution in [0.3, 0.4) is 0 Å². The molecule has 0 saturated carbocycles. The van der Waals surface area contributed by atoms with E-state index in [2.05, 4.69) is 6.07 Å². The quantitative estimate of drug-likeness (QED) is 0.512. The van der Waals surface area contributed by atoms with E-state index in [0.29, 0.717) is 6.42 Å². The molecule has 0 radical (unpaired) electrons. The molecular weight excluding hydrogens is 112 g/mol. The number of hydrogen-bond acceptors (Lipinski definition) is 2. The maximum Gasteiger partial charge on any atom is 0.0947 e. The predicted octanol–water partition coefficient (Wildman–Crippen LogP) is 0.724. The van der Waals surface area contributed by atoms with E-state index in [9.17, 15) is 0 Å². The summed E-state index contributed by atoms with van der Waals surface area (Å²) in [5, 5.41) is 8.40. The van der Waals surface area contributed by atoms with Crippen LogP contribution in [0.5, 0.6) is 0 Å². The molecule has 1 aliphatic carbocycles. The summed E-state index contributed by atoms with van der Waals surface area (Å²) in [4.78, 5) is 0. The predicted molar refractivity (Wildman–Crippen MR) is 35.4 cm³/mol. The van der Waals surface area contributed by atoms with Crippen LogP contribution >= 0.6 is 0 Å². The van der Waals surface area contributed by atoms with Gasteiger partial charge in [0, 0.05) is 18.0 Å². The van der Waals surface area contributed by atoms with Gasteiger partial charge >= 0.3 is 0 Å². The van der Waals surface area contributed by atoms with Crippen molar-refractivity contribution in [3.05, 3.63) is 23.8 Å². The Labute approximate surface area is 54.3 Å². The maximum atomic E-state index is 8.40. The second-order valence-electron chi connectivity index (χ2n) is 2.06. The fourth-order valence-corrected chi connectivity index (χ4v) is 0.787. The van der Waals surface area contributed by atoms with Crippen molar-refractivity contribution in [3.8, 4) is 6.07 Å². The van der Waals surface area contributed by atoms with E-state index in [1.54, 1.807) is 6.08 Å². The molecule has 0 bridgehead atoms. The molecule has 0 aromatic carbocycles. The van der Waals surface area contributed by atoms with Crippen LogP contribution < -0.4 is 5.73 Å². The number of nitriles is 1. The molecule has 0 heterocycles. The van der Waals surface area contributed by atoms with Crippen LogP contribution in [0.2, 0.25) is 0 Å².